The lowest BCUT2D eigenvalue weighted by atomic mass is 9.77. The maximum atomic E-state index is 12.9. The Morgan fingerprint density at radius 3 is 2.73 bits per heavy atom. The van der Waals surface area contributed by atoms with Gasteiger partial charge >= 0.3 is 0 Å². The lowest BCUT2D eigenvalue weighted by molar-refractivity contribution is 0.143. The van der Waals surface area contributed by atoms with Crippen LogP contribution in [0.15, 0.2) is 23.4 Å². The van der Waals surface area contributed by atoms with E-state index < -0.39 is 10.8 Å². The normalized spacial score (nSPS) is 27.5. The van der Waals surface area contributed by atoms with E-state index in [0.717, 1.165) is 68.0 Å². The summed E-state index contributed by atoms with van der Waals surface area (Å²) in [6, 6.07) is 0. The average molecular weight is 487 g/mol. The number of rotatable bonds is 5. The van der Waals surface area contributed by atoms with Crippen molar-refractivity contribution >= 4 is 39.7 Å². The Morgan fingerprint density at radius 1 is 1.21 bits per heavy atom. The van der Waals surface area contributed by atoms with Crippen LogP contribution in [0.1, 0.15) is 43.6 Å². The number of aliphatic hydroxyl groups excluding tert-OH is 1. The van der Waals surface area contributed by atoms with E-state index >= 15 is 0 Å². The molecule has 33 heavy (non-hydrogen) atoms. The summed E-state index contributed by atoms with van der Waals surface area (Å²) in [4.78, 5) is 21.5. The molecule has 2 N–H and O–H groups in total. The maximum Gasteiger partial charge on any atom is 0.227 e. The lowest BCUT2D eigenvalue weighted by Crippen LogP contribution is -2.49. The summed E-state index contributed by atoms with van der Waals surface area (Å²) in [6.07, 6.45) is 11.1. The zero-order chi connectivity index (χ0) is 22.6. The molecule has 2 fully saturated rings. The molecule has 4 heterocycles. The summed E-state index contributed by atoms with van der Waals surface area (Å²) in [5.74, 6) is 3.64. The van der Waals surface area contributed by atoms with Crippen molar-refractivity contribution in [2.75, 3.05) is 35.7 Å². The predicted octanol–water partition coefficient (Wildman–Crippen LogP) is 2.84. The number of fused-ring (bicyclic) bond motifs is 2. The molecule has 0 aromatic carbocycles. The van der Waals surface area contributed by atoms with Crippen LogP contribution < -0.4 is 10.2 Å². The molecular formula is C23H27ClN6O2S. The zero-order valence-corrected chi connectivity index (χ0v) is 19.9. The number of hydrogen-bond acceptors (Lipinski definition) is 8. The summed E-state index contributed by atoms with van der Waals surface area (Å²) in [7, 11) is -1.10. The molecule has 174 valence electrons. The minimum atomic E-state index is -1.10. The van der Waals surface area contributed by atoms with Gasteiger partial charge in [0.1, 0.15) is 10.7 Å². The summed E-state index contributed by atoms with van der Waals surface area (Å²) in [6.45, 7) is 1.76. The van der Waals surface area contributed by atoms with Gasteiger partial charge in [-0.2, -0.15) is 4.98 Å². The topological polar surface area (TPSA) is 104 Å². The average Bonchev–Trinajstić information content (AvgIpc) is 3.36. The molecule has 4 aliphatic rings. The Hall–Kier alpha value is -2.10. The highest BCUT2D eigenvalue weighted by molar-refractivity contribution is 7.85. The van der Waals surface area contributed by atoms with Crippen LogP contribution in [0.25, 0.3) is 5.57 Å². The lowest BCUT2D eigenvalue weighted by Gasteiger charge is -2.42. The summed E-state index contributed by atoms with van der Waals surface area (Å²) in [5, 5.41) is 14.0. The second-order valence-electron chi connectivity index (χ2n) is 9.67. The highest BCUT2D eigenvalue weighted by Crippen LogP contribution is 2.42. The molecule has 1 saturated carbocycles. The monoisotopic (exact) mass is 486 g/mol. The predicted molar refractivity (Wildman–Crippen MR) is 128 cm³/mol. The van der Waals surface area contributed by atoms with Crippen molar-refractivity contribution in [2.24, 2.45) is 11.8 Å². The van der Waals surface area contributed by atoms with Crippen LogP contribution in [0.4, 0.5) is 11.8 Å². The Morgan fingerprint density at radius 2 is 2.03 bits per heavy atom. The summed E-state index contributed by atoms with van der Waals surface area (Å²) >= 11 is 5.93. The largest absolute Gasteiger partial charge is 0.394 e. The van der Waals surface area contributed by atoms with Gasteiger partial charge in [0.25, 0.3) is 0 Å². The van der Waals surface area contributed by atoms with E-state index in [1.165, 1.54) is 5.57 Å². The number of nitrogens with one attached hydrogen (secondary N) is 1. The third-order valence-corrected chi connectivity index (χ3v) is 9.21. The van der Waals surface area contributed by atoms with Crippen LogP contribution in [0.5, 0.6) is 0 Å². The first-order chi connectivity index (χ1) is 16.0. The Kier molecular flexibility index (Phi) is 5.38. The van der Waals surface area contributed by atoms with Crippen molar-refractivity contribution < 1.29 is 9.32 Å². The summed E-state index contributed by atoms with van der Waals surface area (Å²) < 4.78 is 12.9. The third kappa shape index (κ3) is 3.84. The minimum Gasteiger partial charge on any atom is -0.394 e. The van der Waals surface area contributed by atoms with Crippen LogP contribution in [0.2, 0.25) is 5.02 Å². The molecule has 6 rings (SSSR count). The highest BCUT2D eigenvalue weighted by atomic mass is 35.5. The van der Waals surface area contributed by atoms with Crippen molar-refractivity contribution in [2.45, 2.75) is 49.0 Å². The zero-order valence-electron chi connectivity index (χ0n) is 18.3. The molecule has 2 aromatic heterocycles. The smallest absolute Gasteiger partial charge is 0.227 e. The fraction of sp³-hybridized carbons (Fsp3) is 0.565. The van der Waals surface area contributed by atoms with Gasteiger partial charge in [0.05, 0.1) is 33.7 Å². The first kappa shape index (κ1) is 21.4. The van der Waals surface area contributed by atoms with Gasteiger partial charge in [-0.25, -0.2) is 15.0 Å². The number of aromatic nitrogens is 4. The van der Waals surface area contributed by atoms with Crippen molar-refractivity contribution in [3.63, 3.8) is 0 Å². The van der Waals surface area contributed by atoms with E-state index in [9.17, 15) is 9.32 Å². The first-order valence-electron chi connectivity index (χ1n) is 11.7. The SMILES string of the molecule is O=[S@@]1CCCc2nc(N3C[C@H]4CC(c5ncc(Cl)cn5)=C[C@H]4C3)nc(NC3(CO)CCC3)c21. The van der Waals surface area contributed by atoms with E-state index in [-0.39, 0.29) is 12.1 Å². The van der Waals surface area contributed by atoms with Crippen molar-refractivity contribution in [1.82, 2.24) is 19.9 Å². The van der Waals surface area contributed by atoms with Gasteiger partial charge in [-0.05, 0) is 55.9 Å². The van der Waals surface area contributed by atoms with E-state index in [1.54, 1.807) is 12.4 Å². The van der Waals surface area contributed by atoms with Gasteiger partial charge < -0.3 is 15.3 Å². The quantitative estimate of drug-likeness (QED) is 0.664. The van der Waals surface area contributed by atoms with E-state index in [0.29, 0.717) is 34.4 Å². The first-order valence-corrected chi connectivity index (χ1v) is 13.4. The van der Waals surface area contributed by atoms with Crippen molar-refractivity contribution in [3.8, 4) is 0 Å². The molecule has 10 heteroatoms. The van der Waals surface area contributed by atoms with Crippen LogP contribution in [-0.4, -0.2) is 60.2 Å². The molecule has 8 nitrogen and oxygen atoms in total. The molecule has 0 amide bonds. The van der Waals surface area contributed by atoms with Gasteiger partial charge in [-0.1, -0.05) is 17.7 Å². The summed E-state index contributed by atoms with van der Waals surface area (Å²) in [5.41, 5.74) is 1.72. The van der Waals surface area contributed by atoms with E-state index in [4.69, 9.17) is 21.6 Å². The van der Waals surface area contributed by atoms with Gasteiger partial charge in [-0.15, -0.1) is 0 Å². The Bertz CT molecular complexity index is 1130. The van der Waals surface area contributed by atoms with Crippen LogP contribution >= 0.6 is 11.6 Å². The van der Waals surface area contributed by atoms with Crippen LogP contribution in [0.3, 0.4) is 0 Å². The number of aliphatic hydroxyl groups is 1. The standard InChI is InChI=1S/C23H27ClN6O2S/c24-17-9-25-20(26-10-17)14-7-15-11-30(12-16(15)8-14)22-27-18-3-1-6-33(32)19(18)21(28-22)29-23(13-31)4-2-5-23/h7,9-10,15-16,31H,1-6,8,11-13H2,(H,27,28,29)/t15-,16+,33+/m0/s1. The van der Waals surface area contributed by atoms with Crippen molar-refractivity contribution in [3.05, 3.63) is 35.0 Å². The van der Waals surface area contributed by atoms with Crippen LogP contribution in [-0.2, 0) is 17.2 Å². The molecule has 2 aliphatic carbocycles. The number of anilines is 2. The van der Waals surface area contributed by atoms with Crippen molar-refractivity contribution in [1.29, 1.82) is 0 Å². The van der Waals surface area contributed by atoms with E-state index in [2.05, 4.69) is 26.3 Å². The number of aryl methyl sites for hydroxylation is 1. The Labute approximate surface area is 200 Å². The number of allylic oxidation sites excluding steroid dienone is 1. The molecule has 0 spiro atoms. The fourth-order valence-corrected chi connectivity index (χ4v) is 6.92. The molecule has 0 radical (unpaired) electrons. The third-order valence-electron chi connectivity index (χ3n) is 7.47. The van der Waals surface area contributed by atoms with Crippen LogP contribution in [0, 0.1) is 11.8 Å². The second kappa shape index (κ2) is 8.29. The molecule has 2 aliphatic heterocycles. The number of hydrogen-bond donors (Lipinski definition) is 2. The minimum absolute atomic E-state index is 0.0575. The molecule has 2 aromatic rings. The molecular weight excluding hydrogens is 460 g/mol. The Balaban J connectivity index is 1.27. The number of halogens is 1. The molecule has 0 bridgehead atoms. The molecule has 3 atom stereocenters. The highest BCUT2D eigenvalue weighted by Gasteiger charge is 2.41. The van der Waals surface area contributed by atoms with Gasteiger partial charge in [0, 0.05) is 31.2 Å². The van der Waals surface area contributed by atoms with E-state index in [1.807, 2.05) is 0 Å². The molecule has 0 unspecified atom stereocenters. The molecule has 1 saturated heterocycles. The van der Waals surface area contributed by atoms with Gasteiger partial charge in [-0.3, -0.25) is 4.21 Å². The number of nitrogens with zero attached hydrogens (tertiary/aromatic N) is 5. The fourth-order valence-electron chi connectivity index (χ4n) is 5.49. The second-order valence-corrected chi connectivity index (χ2v) is 11.6. The van der Waals surface area contributed by atoms with Gasteiger partial charge in [0.2, 0.25) is 5.95 Å². The van der Waals surface area contributed by atoms with Gasteiger partial charge in [0.15, 0.2) is 5.82 Å². The maximum absolute atomic E-state index is 12.9.